The number of aromatic nitrogens is 5. The molecule has 0 bridgehead atoms. The quantitative estimate of drug-likeness (QED) is 0.437. The van der Waals surface area contributed by atoms with Crippen molar-refractivity contribution in [2.75, 3.05) is 17.7 Å². The Morgan fingerprint density at radius 3 is 3.14 bits per heavy atom. The molecule has 0 aliphatic carbocycles. The van der Waals surface area contributed by atoms with Gasteiger partial charge in [0.25, 0.3) is 0 Å². The van der Waals surface area contributed by atoms with Gasteiger partial charge in [-0.05, 0) is 47.7 Å². The molecule has 0 saturated heterocycles. The number of anilines is 1. The second-order valence-corrected chi connectivity index (χ2v) is 7.59. The van der Waals surface area contributed by atoms with Gasteiger partial charge in [-0.15, -0.1) is 5.10 Å². The summed E-state index contributed by atoms with van der Waals surface area (Å²) in [5.41, 5.74) is 0.818. The Morgan fingerprint density at radius 2 is 2.32 bits per heavy atom. The number of nitrogens with one attached hydrogen (secondary N) is 1. The zero-order valence-electron chi connectivity index (χ0n) is 14.9. The zero-order chi connectivity index (χ0) is 19.3. The average molecular weight is 416 g/mol. The van der Waals surface area contributed by atoms with E-state index in [-0.39, 0.29) is 11.7 Å². The third-order valence-electron chi connectivity index (χ3n) is 3.63. The first-order chi connectivity index (χ1) is 13.7. The third kappa shape index (κ3) is 4.31. The molecule has 11 heteroatoms. The Balaban J connectivity index is 1.36. The predicted octanol–water partition coefficient (Wildman–Crippen LogP) is 3.05. The fourth-order valence-corrected chi connectivity index (χ4v) is 4.04. The van der Waals surface area contributed by atoms with E-state index in [1.54, 1.807) is 17.0 Å². The molecule has 3 heterocycles. The van der Waals surface area contributed by atoms with E-state index < -0.39 is 0 Å². The number of tetrazole rings is 1. The average Bonchev–Trinajstić information content (AvgIpc) is 3.41. The fourth-order valence-electron chi connectivity index (χ4n) is 2.45. The lowest BCUT2D eigenvalue weighted by atomic mass is 10.3. The van der Waals surface area contributed by atoms with Crippen LogP contribution in [-0.4, -0.2) is 43.5 Å². The number of ether oxygens (including phenoxy) is 1. The number of rotatable bonds is 8. The minimum Gasteiger partial charge on any atom is -0.494 e. The number of carbonyl (C=O) groups is 1. The number of hydrogen-bond donors (Lipinski definition) is 1. The highest BCUT2D eigenvalue weighted by atomic mass is 32.2. The van der Waals surface area contributed by atoms with Crippen LogP contribution in [0.3, 0.4) is 0 Å². The number of nitrogens with zero attached hydrogens (tertiary/aromatic N) is 5. The summed E-state index contributed by atoms with van der Waals surface area (Å²) in [7, 11) is 0. The largest absolute Gasteiger partial charge is 0.494 e. The lowest BCUT2D eigenvalue weighted by Gasteiger charge is -2.02. The molecule has 1 aromatic carbocycles. The highest BCUT2D eigenvalue weighted by Gasteiger charge is 2.13. The lowest BCUT2D eigenvalue weighted by Crippen LogP contribution is -2.14. The van der Waals surface area contributed by atoms with Crippen LogP contribution in [0.4, 0.5) is 5.13 Å². The van der Waals surface area contributed by atoms with Gasteiger partial charge in [0.15, 0.2) is 5.13 Å². The van der Waals surface area contributed by atoms with Crippen LogP contribution in [0.2, 0.25) is 0 Å². The van der Waals surface area contributed by atoms with Gasteiger partial charge in [0.2, 0.25) is 11.1 Å². The summed E-state index contributed by atoms with van der Waals surface area (Å²) in [4.78, 5) is 16.7. The molecule has 3 aromatic heterocycles. The summed E-state index contributed by atoms with van der Waals surface area (Å²) < 4.78 is 13.3. The van der Waals surface area contributed by atoms with Gasteiger partial charge in [-0.1, -0.05) is 23.1 Å². The number of thiazole rings is 1. The first kappa shape index (κ1) is 18.4. The van der Waals surface area contributed by atoms with E-state index >= 15 is 0 Å². The first-order valence-corrected chi connectivity index (χ1v) is 10.3. The van der Waals surface area contributed by atoms with Crippen molar-refractivity contribution in [3.05, 3.63) is 42.4 Å². The minimum absolute atomic E-state index is 0.165. The lowest BCUT2D eigenvalue weighted by molar-refractivity contribution is -0.113. The molecule has 0 saturated carbocycles. The molecule has 28 heavy (non-hydrogen) atoms. The van der Waals surface area contributed by atoms with Gasteiger partial charge in [-0.3, -0.25) is 4.79 Å². The Bertz CT molecular complexity index is 1080. The van der Waals surface area contributed by atoms with Crippen LogP contribution in [0.25, 0.3) is 10.2 Å². The number of amides is 1. The topological polar surface area (TPSA) is 108 Å². The van der Waals surface area contributed by atoms with E-state index in [9.17, 15) is 4.79 Å². The number of fused-ring (bicyclic) bond motifs is 1. The maximum Gasteiger partial charge on any atom is 0.236 e. The third-order valence-corrected chi connectivity index (χ3v) is 5.53. The maximum absolute atomic E-state index is 12.3. The predicted molar refractivity (Wildman–Crippen MR) is 106 cm³/mol. The first-order valence-electron chi connectivity index (χ1n) is 8.46. The Kier molecular flexibility index (Phi) is 5.53. The van der Waals surface area contributed by atoms with E-state index in [4.69, 9.17) is 9.15 Å². The van der Waals surface area contributed by atoms with E-state index in [1.165, 1.54) is 23.1 Å². The molecule has 0 aliphatic rings. The maximum atomic E-state index is 12.3. The van der Waals surface area contributed by atoms with Crippen LogP contribution >= 0.6 is 23.1 Å². The van der Waals surface area contributed by atoms with Crippen LogP contribution < -0.4 is 10.1 Å². The van der Waals surface area contributed by atoms with Gasteiger partial charge >= 0.3 is 0 Å². The van der Waals surface area contributed by atoms with Crippen LogP contribution in [0.5, 0.6) is 5.75 Å². The van der Waals surface area contributed by atoms with Gasteiger partial charge in [0, 0.05) is 0 Å². The van der Waals surface area contributed by atoms with Crippen molar-refractivity contribution in [1.82, 2.24) is 25.2 Å². The summed E-state index contributed by atoms with van der Waals surface area (Å²) in [6, 6.07) is 9.31. The smallest absolute Gasteiger partial charge is 0.236 e. The molecule has 4 aromatic rings. The molecular formula is C17H16N6O3S2. The van der Waals surface area contributed by atoms with Crippen LogP contribution in [0, 0.1) is 0 Å². The van der Waals surface area contributed by atoms with Crippen LogP contribution in [0.15, 0.2) is 46.2 Å². The summed E-state index contributed by atoms with van der Waals surface area (Å²) in [5, 5.41) is 15.4. The molecular weight excluding hydrogens is 400 g/mol. The van der Waals surface area contributed by atoms with Crippen molar-refractivity contribution in [2.45, 2.75) is 18.6 Å². The number of furan rings is 1. The van der Waals surface area contributed by atoms with E-state index in [1.807, 2.05) is 31.2 Å². The summed E-state index contributed by atoms with van der Waals surface area (Å²) in [5.74, 6) is 1.51. The summed E-state index contributed by atoms with van der Waals surface area (Å²) in [6.45, 7) is 2.94. The van der Waals surface area contributed by atoms with Gasteiger partial charge in [-0.2, -0.15) is 0 Å². The molecule has 0 atom stereocenters. The molecule has 1 amide bonds. The van der Waals surface area contributed by atoms with Crippen molar-refractivity contribution in [2.24, 2.45) is 0 Å². The van der Waals surface area contributed by atoms with E-state index in [2.05, 4.69) is 25.8 Å². The van der Waals surface area contributed by atoms with Crippen molar-refractivity contribution < 1.29 is 13.9 Å². The monoisotopic (exact) mass is 416 g/mol. The summed E-state index contributed by atoms with van der Waals surface area (Å²) in [6.07, 6.45) is 1.59. The Hall–Kier alpha value is -2.92. The van der Waals surface area contributed by atoms with Crippen molar-refractivity contribution in [3.63, 3.8) is 0 Å². The standard InChI is InChI=1S/C17H16N6O3S2/c1-2-25-11-5-6-13-14(8-11)28-16(18-13)19-15(24)10-27-17-20-21-22-23(17)9-12-4-3-7-26-12/h3-8H,2,9-10H2,1H3,(H,18,19,24). The second kappa shape index (κ2) is 8.40. The van der Waals surface area contributed by atoms with Gasteiger partial charge in [0.05, 0.1) is 28.8 Å². The normalized spacial score (nSPS) is 11.0. The Labute approximate surface area is 168 Å². The molecule has 0 fully saturated rings. The molecule has 1 N–H and O–H groups in total. The van der Waals surface area contributed by atoms with Gasteiger partial charge in [0.1, 0.15) is 18.1 Å². The summed E-state index contributed by atoms with van der Waals surface area (Å²) >= 11 is 2.65. The second-order valence-electron chi connectivity index (χ2n) is 5.62. The fraction of sp³-hybridized carbons (Fsp3) is 0.235. The van der Waals surface area contributed by atoms with Crippen molar-refractivity contribution in [3.8, 4) is 5.75 Å². The van der Waals surface area contributed by atoms with Crippen LogP contribution in [0.1, 0.15) is 12.7 Å². The SMILES string of the molecule is CCOc1ccc2nc(NC(=O)CSc3nnnn3Cc3ccco3)sc2c1. The number of carbonyl (C=O) groups excluding carboxylic acids is 1. The highest BCUT2D eigenvalue weighted by Crippen LogP contribution is 2.29. The molecule has 0 unspecified atom stereocenters. The van der Waals surface area contributed by atoms with Gasteiger partial charge in [-0.25, -0.2) is 9.67 Å². The minimum atomic E-state index is -0.179. The van der Waals surface area contributed by atoms with Crippen molar-refractivity contribution >= 4 is 44.4 Å². The van der Waals surface area contributed by atoms with Gasteiger partial charge < -0.3 is 14.5 Å². The molecule has 144 valence electrons. The van der Waals surface area contributed by atoms with Crippen LogP contribution in [-0.2, 0) is 11.3 Å². The van der Waals surface area contributed by atoms with Crippen molar-refractivity contribution in [1.29, 1.82) is 0 Å². The molecule has 0 radical (unpaired) electrons. The van der Waals surface area contributed by atoms with E-state index in [0.29, 0.717) is 23.4 Å². The number of benzene rings is 1. The zero-order valence-corrected chi connectivity index (χ0v) is 16.5. The Morgan fingerprint density at radius 1 is 1.39 bits per heavy atom. The molecule has 9 nitrogen and oxygen atoms in total. The highest BCUT2D eigenvalue weighted by molar-refractivity contribution is 7.99. The number of hydrogen-bond acceptors (Lipinski definition) is 9. The molecule has 0 spiro atoms. The molecule has 0 aliphatic heterocycles. The number of thioether (sulfide) groups is 1. The van der Waals surface area contributed by atoms with E-state index in [0.717, 1.165) is 21.7 Å². The molecule has 4 rings (SSSR count).